The van der Waals surface area contributed by atoms with Crippen LogP contribution in [0.25, 0.3) is 10.8 Å². The molecule has 156 valence electrons. The second kappa shape index (κ2) is 9.45. The van der Waals surface area contributed by atoms with E-state index in [0.29, 0.717) is 10.6 Å². The molecule has 0 atom stereocenters. The Labute approximate surface area is 179 Å². The number of anilines is 1. The van der Waals surface area contributed by atoms with E-state index in [1.165, 1.54) is 10.2 Å². The maximum atomic E-state index is 12.7. The Bertz CT molecular complexity index is 1110. The highest BCUT2D eigenvalue weighted by molar-refractivity contribution is 7.99. The number of aryl methyl sites for hydroxylation is 1. The van der Waals surface area contributed by atoms with Crippen LogP contribution in [-0.2, 0) is 21.8 Å². The van der Waals surface area contributed by atoms with Crippen LogP contribution in [0.15, 0.2) is 53.3 Å². The van der Waals surface area contributed by atoms with E-state index in [-0.39, 0.29) is 18.0 Å². The van der Waals surface area contributed by atoms with Gasteiger partial charge < -0.3 is 10.1 Å². The molecule has 30 heavy (non-hydrogen) atoms. The molecule has 1 aliphatic heterocycles. The van der Waals surface area contributed by atoms with Gasteiger partial charge in [0, 0.05) is 35.3 Å². The molecule has 7 heteroatoms. The minimum Gasteiger partial charge on any atom is -0.381 e. The second-order valence-corrected chi connectivity index (χ2v) is 8.75. The van der Waals surface area contributed by atoms with Crippen LogP contribution in [0.3, 0.4) is 0 Å². The van der Waals surface area contributed by atoms with Gasteiger partial charge in [0.2, 0.25) is 5.91 Å². The highest BCUT2D eigenvalue weighted by atomic mass is 32.2. The zero-order valence-corrected chi connectivity index (χ0v) is 17.8. The first kappa shape index (κ1) is 20.6. The van der Waals surface area contributed by atoms with Crippen LogP contribution in [0.5, 0.6) is 0 Å². The summed E-state index contributed by atoms with van der Waals surface area (Å²) in [6.45, 7) is 3.41. The van der Waals surface area contributed by atoms with Gasteiger partial charge in [-0.3, -0.25) is 9.59 Å². The smallest absolute Gasteiger partial charge is 0.275 e. The summed E-state index contributed by atoms with van der Waals surface area (Å²) >= 11 is 1.94. The van der Waals surface area contributed by atoms with Crippen LogP contribution in [0.1, 0.15) is 24.1 Å². The number of ether oxygens (including phenoxy) is 1. The van der Waals surface area contributed by atoms with Gasteiger partial charge in [-0.2, -0.15) is 16.9 Å². The maximum Gasteiger partial charge on any atom is 0.275 e. The van der Waals surface area contributed by atoms with Crippen molar-refractivity contribution in [3.63, 3.8) is 0 Å². The molecule has 1 aliphatic rings. The van der Waals surface area contributed by atoms with Gasteiger partial charge in [-0.15, -0.1) is 0 Å². The molecular weight excluding hydrogens is 398 g/mol. The van der Waals surface area contributed by atoms with Gasteiger partial charge in [0.15, 0.2) is 0 Å². The Morgan fingerprint density at radius 3 is 2.73 bits per heavy atom. The number of hydrogen-bond acceptors (Lipinski definition) is 5. The standard InChI is InChI=1S/C23H25N3O3S/c1-16-20-7-2-3-8-21(20)23(28)26(25-16)14-22(27)24-18-6-4-5-17(13-18)15-30-19-9-11-29-12-10-19/h2-8,13,19H,9-12,14-15H2,1H3,(H,24,27). The molecule has 4 rings (SSSR count). The van der Waals surface area contributed by atoms with Gasteiger partial charge in [-0.05, 0) is 43.5 Å². The number of nitrogens with one attached hydrogen (secondary N) is 1. The molecule has 0 bridgehead atoms. The first-order valence-electron chi connectivity index (χ1n) is 10.1. The predicted octanol–water partition coefficient (Wildman–Crippen LogP) is 3.76. The first-order chi connectivity index (χ1) is 14.6. The molecule has 6 nitrogen and oxygen atoms in total. The molecule has 1 saturated heterocycles. The average Bonchev–Trinajstić information content (AvgIpc) is 2.77. The van der Waals surface area contributed by atoms with Crippen molar-refractivity contribution in [1.29, 1.82) is 0 Å². The molecule has 1 N–H and O–H groups in total. The lowest BCUT2D eigenvalue weighted by molar-refractivity contribution is -0.117. The minimum atomic E-state index is -0.270. The van der Waals surface area contributed by atoms with Crippen molar-refractivity contribution >= 4 is 34.1 Å². The van der Waals surface area contributed by atoms with E-state index in [0.717, 1.165) is 48.6 Å². The zero-order valence-electron chi connectivity index (χ0n) is 17.0. The minimum absolute atomic E-state index is 0.119. The molecule has 2 aromatic carbocycles. The molecule has 1 aromatic heterocycles. The number of carbonyl (C=O) groups excluding carboxylic acids is 1. The molecule has 0 aliphatic carbocycles. The van der Waals surface area contributed by atoms with Crippen molar-refractivity contribution in [2.75, 3.05) is 18.5 Å². The van der Waals surface area contributed by atoms with Crippen molar-refractivity contribution in [1.82, 2.24) is 9.78 Å². The summed E-state index contributed by atoms with van der Waals surface area (Å²) in [5, 5.41) is 9.23. The molecule has 1 amide bonds. The SMILES string of the molecule is Cc1nn(CC(=O)Nc2cccc(CSC3CCOCC3)c2)c(=O)c2ccccc12. The lowest BCUT2D eigenvalue weighted by Crippen LogP contribution is -2.30. The van der Waals surface area contributed by atoms with Gasteiger partial charge >= 0.3 is 0 Å². The molecule has 0 saturated carbocycles. The summed E-state index contributed by atoms with van der Waals surface area (Å²) in [6.07, 6.45) is 2.18. The van der Waals surface area contributed by atoms with Crippen molar-refractivity contribution in [2.24, 2.45) is 0 Å². The number of amides is 1. The molecule has 1 fully saturated rings. The van der Waals surface area contributed by atoms with E-state index in [1.54, 1.807) is 6.07 Å². The third-order valence-corrected chi connectivity index (χ3v) is 6.65. The van der Waals surface area contributed by atoms with E-state index >= 15 is 0 Å². The third-order valence-electron chi connectivity index (χ3n) is 5.21. The summed E-state index contributed by atoms with van der Waals surface area (Å²) < 4.78 is 6.65. The topological polar surface area (TPSA) is 73.2 Å². The average molecular weight is 424 g/mol. The van der Waals surface area contributed by atoms with Gasteiger partial charge in [0.25, 0.3) is 5.56 Å². The first-order valence-corrected chi connectivity index (χ1v) is 11.2. The number of fused-ring (bicyclic) bond motifs is 1. The fraction of sp³-hybridized carbons (Fsp3) is 0.348. The largest absolute Gasteiger partial charge is 0.381 e. The number of benzene rings is 2. The van der Waals surface area contributed by atoms with E-state index in [1.807, 2.05) is 55.1 Å². The number of rotatable bonds is 6. The normalized spacial score (nSPS) is 14.7. The molecule has 0 unspecified atom stereocenters. The fourth-order valence-electron chi connectivity index (χ4n) is 3.64. The molecular formula is C23H25N3O3S. The fourth-order valence-corrected chi connectivity index (χ4v) is 4.78. The van der Waals surface area contributed by atoms with E-state index < -0.39 is 0 Å². The lowest BCUT2D eigenvalue weighted by atomic mass is 10.1. The van der Waals surface area contributed by atoms with Crippen molar-refractivity contribution in [3.05, 3.63) is 70.1 Å². The monoisotopic (exact) mass is 423 g/mol. The molecule has 3 aromatic rings. The predicted molar refractivity (Wildman–Crippen MR) is 121 cm³/mol. The third kappa shape index (κ3) is 4.91. The molecule has 0 spiro atoms. The van der Waals surface area contributed by atoms with Gasteiger partial charge in [0.1, 0.15) is 6.54 Å². The summed E-state index contributed by atoms with van der Waals surface area (Å²) in [6, 6.07) is 15.2. The van der Waals surface area contributed by atoms with Crippen molar-refractivity contribution < 1.29 is 9.53 Å². The van der Waals surface area contributed by atoms with E-state index in [4.69, 9.17) is 4.74 Å². The van der Waals surface area contributed by atoms with Gasteiger partial charge in [-0.1, -0.05) is 30.3 Å². The number of thioether (sulfide) groups is 1. The molecule has 2 heterocycles. The summed E-state index contributed by atoms with van der Waals surface area (Å²) in [4.78, 5) is 25.2. The van der Waals surface area contributed by atoms with Gasteiger partial charge in [-0.25, -0.2) is 4.68 Å². The highest BCUT2D eigenvalue weighted by Crippen LogP contribution is 2.26. The summed E-state index contributed by atoms with van der Waals surface area (Å²) in [5.41, 5.74) is 2.37. The van der Waals surface area contributed by atoms with Crippen LogP contribution in [0, 0.1) is 6.92 Å². The van der Waals surface area contributed by atoms with Crippen LogP contribution in [0.4, 0.5) is 5.69 Å². The Morgan fingerprint density at radius 2 is 1.93 bits per heavy atom. The molecule has 0 radical (unpaired) electrons. The van der Waals surface area contributed by atoms with E-state index in [9.17, 15) is 9.59 Å². The Balaban J connectivity index is 1.41. The van der Waals surface area contributed by atoms with Crippen LogP contribution in [-0.4, -0.2) is 34.2 Å². The second-order valence-electron chi connectivity index (χ2n) is 7.47. The van der Waals surface area contributed by atoms with E-state index in [2.05, 4.69) is 16.5 Å². The van der Waals surface area contributed by atoms with Crippen LogP contribution in [0.2, 0.25) is 0 Å². The summed E-state index contributed by atoms with van der Waals surface area (Å²) in [7, 11) is 0. The lowest BCUT2D eigenvalue weighted by Gasteiger charge is -2.21. The van der Waals surface area contributed by atoms with Crippen molar-refractivity contribution in [3.8, 4) is 0 Å². The Hall–Kier alpha value is -2.64. The van der Waals surface area contributed by atoms with Crippen LogP contribution < -0.4 is 10.9 Å². The number of nitrogens with zero attached hydrogens (tertiary/aromatic N) is 2. The van der Waals surface area contributed by atoms with Gasteiger partial charge in [0.05, 0.1) is 11.1 Å². The number of hydrogen-bond donors (Lipinski definition) is 1. The van der Waals surface area contributed by atoms with Crippen molar-refractivity contribution in [2.45, 2.75) is 37.3 Å². The maximum absolute atomic E-state index is 12.7. The number of aromatic nitrogens is 2. The highest BCUT2D eigenvalue weighted by Gasteiger charge is 2.14. The Kier molecular flexibility index (Phi) is 6.50. The van der Waals surface area contributed by atoms with Crippen LogP contribution >= 0.6 is 11.8 Å². The Morgan fingerprint density at radius 1 is 1.17 bits per heavy atom. The quantitative estimate of drug-likeness (QED) is 0.654. The summed E-state index contributed by atoms with van der Waals surface area (Å²) in [5.74, 6) is 0.632. The number of carbonyl (C=O) groups is 1. The zero-order chi connectivity index (χ0) is 20.9.